The predicted octanol–water partition coefficient (Wildman–Crippen LogP) is 3.95. The summed E-state index contributed by atoms with van der Waals surface area (Å²) in [5.41, 5.74) is 2.40. The van der Waals surface area contributed by atoms with E-state index in [0.29, 0.717) is 35.0 Å². The van der Waals surface area contributed by atoms with Gasteiger partial charge in [0.15, 0.2) is 5.78 Å². The Morgan fingerprint density at radius 3 is 2.42 bits per heavy atom. The molecule has 1 atom stereocenters. The molecule has 9 nitrogen and oxygen atoms in total. The number of nitrogens with zero attached hydrogens (tertiary/aromatic N) is 4. The molecule has 1 amide bonds. The predicted molar refractivity (Wildman–Crippen MR) is 146 cm³/mol. The third-order valence-corrected chi connectivity index (χ3v) is 7.68. The topological polar surface area (TPSA) is 107 Å². The SMILES string of the molecule is CCCn1c(=O)c2ccc(C(=O)NC3CCCC3)cc2n2c(=O)n(C(C)C(=O)c3ccc(C)c(C)c3)nc12. The molecule has 0 aliphatic heterocycles. The summed E-state index contributed by atoms with van der Waals surface area (Å²) in [5, 5.41) is 7.87. The Bertz CT molecular complexity index is 1690. The summed E-state index contributed by atoms with van der Waals surface area (Å²) in [4.78, 5) is 53.5. The van der Waals surface area contributed by atoms with Gasteiger partial charge in [-0.1, -0.05) is 31.9 Å². The van der Waals surface area contributed by atoms with Crippen molar-refractivity contribution in [2.24, 2.45) is 0 Å². The van der Waals surface area contributed by atoms with Gasteiger partial charge in [0.25, 0.3) is 11.5 Å². The van der Waals surface area contributed by atoms with Crippen LogP contribution >= 0.6 is 0 Å². The lowest BCUT2D eigenvalue weighted by Gasteiger charge is -2.13. The van der Waals surface area contributed by atoms with Gasteiger partial charge in [-0.2, -0.15) is 0 Å². The third-order valence-electron chi connectivity index (χ3n) is 7.68. The normalized spacial score (nSPS) is 14.8. The van der Waals surface area contributed by atoms with E-state index in [9.17, 15) is 19.2 Å². The third kappa shape index (κ3) is 4.36. The first-order chi connectivity index (χ1) is 18.2. The van der Waals surface area contributed by atoms with E-state index in [-0.39, 0.29) is 29.1 Å². The molecule has 5 rings (SSSR count). The summed E-state index contributed by atoms with van der Waals surface area (Å²) in [6, 6.07) is 9.49. The maximum absolute atomic E-state index is 13.8. The van der Waals surface area contributed by atoms with E-state index >= 15 is 0 Å². The van der Waals surface area contributed by atoms with Gasteiger partial charge in [0.1, 0.15) is 6.04 Å². The fourth-order valence-electron chi connectivity index (χ4n) is 5.30. The van der Waals surface area contributed by atoms with Crippen LogP contribution in [0.4, 0.5) is 0 Å². The quantitative estimate of drug-likeness (QED) is 0.375. The fourth-order valence-corrected chi connectivity index (χ4v) is 5.30. The van der Waals surface area contributed by atoms with E-state index in [0.717, 1.165) is 41.5 Å². The largest absolute Gasteiger partial charge is 0.352 e. The van der Waals surface area contributed by atoms with Crippen molar-refractivity contribution in [3.63, 3.8) is 0 Å². The number of hydrogen-bond acceptors (Lipinski definition) is 5. The molecule has 2 aromatic heterocycles. The monoisotopic (exact) mass is 515 g/mol. The highest BCUT2D eigenvalue weighted by Crippen LogP contribution is 2.21. The molecule has 2 aromatic carbocycles. The average molecular weight is 516 g/mol. The van der Waals surface area contributed by atoms with Crippen LogP contribution in [-0.2, 0) is 6.54 Å². The van der Waals surface area contributed by atoms with E-state index in [1.807, 2.05) is 32.9 Å². The zero-order valence-corrected chi connectivity index (χ0v) is 22.3. The Morgan fingerprint density at radius 1 is 1.03 bits per heavy atom. The highest BCUT2D eigenvalue weighted by atomic mass is 16.2. The maximum atomic E-state index is 13.8. The number of Topliss-reactive ketones (excluding diaryl/α,β-unsaturated/α-hetero) is 1. The number of carbonyl (C=O) groups is 2. The molecule has 1 saturated carbocycles. The fraction of sp³-hybridized carbons (Fsp3) is 0.414. The Labute approximate surface area is 220 Å². The second-order valence-corrected chi connectivity index (χ2v) is 10.3. The summed E-state index contributed by atoms with van der Waals surface area (Å²) in [5.74, 6) is -0.324. The molecule has 1 N–H and O–H groups in total. The minimum atomic E-state index is -0.890. The number of aryl methyl sites for hydroxylation is 3. The van der Waals surface area contributed by atoms with Crippen LogP contribution in [0.25, 0.3) is 16.7 Å². The summed E-state index contributed by atoms with van der Waals surface area (Å²) in [6.45, 7) is 7.84. The minimum Gasteiger partial charge on any atom is -0.349 e. The molecule has 1 fully saturated rings. The molecular formula is C29H33N5O4. The lowest BCUT2D eigenvalue weighted by molar-refractivity contribution is 0.0922. The van der Waals surface area contributed by atoms with E-state index in [1.54, 1.807) is 31.2 Å². The van der Waals surface area contributed by atoms with Crippen molar-refractivity contribution in [3.8, 4) is 0 Å². The molecule has 38 heavy (non-hydrogen) atoms. The van der Waals surface area contributed by atoms with Crippen molar-refractivity contribution in [1.82, 2.24) is 24.1 Å². The lowest BCUT2D eigenvalue weighted by Crippen LogP contribution is -2.33. The number of aromatic nitrogens is 4. The number of fused-ring (bicyclic) bond motifs is 3. The maximum Gasteiger partial charge on any atom is 0.352 e. The number of ketones is 1. The first kappa shape index (κ1) is 25.6. The van der Waals surface area contributed by atoms with Crippen LogP contribution in [0.15, 0.2) is 46.0 Å². The van der Waals surface area contributed by atoms with Gasteiger partial charge in [-0.15, -0.1) is 5.10 Å². The zero-order chi connectivity index (χ0) is 27.1. The van der Waals surface area contributed by atoms with Crippen molar-refractivity contribution < 1.29 is 9.59 Å². The summed E-state index contributed by atoms with van der Waals surface area (Å²) < 4.78 is 3.96. The molecule has 0 spiro atoms. The molecule has 1 unspecified atom stereocenters. The van der Waals surface area contributed by atoms with Gasteiger partial charge in [-0.05, 0) is 75.4 Å². The minimum absolute atomic E-state index is 0.138. The number of benzene rings is 2. The summed E-state index contributed by atoms with van der Waals surface area (Å²) in [7, 11) is 0. The molecule has 1 aliphatic carbocycles. The van der Waals surface area contributed by atoms with Crippen molar-refractivity contribution in [1.29, 1.82) is 0 Å². The molecule has 4 aromatic rings. The highest BCUT2D eigenvalue weighted by Gasteiger charge is 2.25. The summed E-state index contributed by atoms with van der Waals surface area (Å²) in [6.07, 6.45) is 4.73. The van der Waals surface area contributed by atoms with Gasteiger partial charge in [0.05, 0.1) is 10.9 Å². The standard InChI is InChI=1S/C29H33N5O4/c1-5-14-32-27(37)23-13-12-21(26(36)30-22-8-6-7-9-22)16-24(23)33-28(32)31-34(29(33)38)19(4)25(35)20-11-10-17(2)18(3)15-20/h10-13,15-16,19,22H,5-9,14H2,1-4H3,(H,30,36). The average Bonchev–Trinajstić information content (AvgIpc) is 3.54. The first-order valence-corrected chi connectivity index (χ1v) is 13.3. The van der Waals surface area contributed by atoms with Crippen LogP contribution in [0.3, 0.4) is 0 Å². The van der Waals surface area contributed by atoms with Crippen molar-refractivity contribution >= 4 is 28.4 Å². The Morgan fingerprint density at radius 2 is 1.74 bits per heavy atom. The van der Waals surface area contributed by atoms with Crippen LogP contribution < -0.4 is 16.6 Å². The second-order valence-electron chi connectivity index (χ2n) is 10.3. The Kier molecular flexibility index (Phi) is 6.77. The lowest BCUT2D eigenvalue weighted by atomic mass is 10.0. The first-order valence-electron chi connectivity index (χ1n) is 13.3. The van der Waals surface area contributed by atoms with Gasteiger partial charge >= 0.3 is 5.69 Å². The summed E-state index contributed by atoms with van der Waals surface area (Å²) >= 11 is 0. The molecule has 2 heterocycles. The van der Waals surface area contributed by atoms with Gasteiger partial charge < -0.3 is 5.32 Å². The van der Waals surface area contributed by atoms with E-state index in [2.05, 4.69) is 10.4 Å². The number of hydrogen-bond donors (Lipinski definition) is 1. The van der Waals surface area contributed by atoms with Crippen LogP contribution in [0, 0.1) is 13.8 Å². The second kappa shape index (κ2) is 10.0. The van der Waals surface area contributed by atoms with Crippen molar-refractivity contribution in [3.05, 3.63) is 79.5 Å². The molecule has 1 aliphatic rings. The van der Waals surface area contributed by atoms with Crippen LogP contribution in [0.5, 0.6) is 0 Å². The van der Waals surface area contributed by atoms with Gasteiger partial charge in [0, 0.05) is 23.7 Å². The molecule has 9 heteroatoms. The molecule has 0 saturated heterocycles. The number of carbonyl (C=O) groups excluding carboxylic acids is 2. The van der Waals surface area contributed by atoms with E-state index in [1.165, 1.54) is 8.97 Å². The number of amides is 1. The van der Waals surface area contributed by atoms with Gasteiger partial charge in [-0.3, -0.25) is 19.0 Å². The van der Waals surface area contributed by atoms with Crippen LogP contribution in [0.1, 0.15) is 83.8 Å². The number of rotatable bonds is 7. The Balaban J connectivity index is 1.66. The Hall–Kier alpha value is -4.01. The highest BCUT2D eigenvalue weighted by molar-refractivity contribution is 5.99. The van der Waals surface area contributed by atoms with Gasteiger partial charge in [-0.25, -0.2) is 13.9 Å². The smallest absolute Gasteiger partial charge is 0.349 e. The molecule has 198 valence electrons. The number of nitrogens with one attached hydrogen (secondary N) is 1. The van der Waals surface area contributed by atoms with Crippen LogP contribution in [0.2, 0.25) is 0 Å². The van der Waals surface area contributed by atoms with Crippen LogP contribution in [-0.4, -0.2) is 36.5 Å². The molecular weight excluding hydrogens is 482 g/mol. The molecule has 0 radical (unpaired) electrons. The zero-order valence-electron chi connectivity index (χ0n) is 22.3. The van der Waals surface area contributed by atoms with E-state index in [4.69, 9.17) is 0 Å². The molecule has 0 bridgehead atoms. The van der Waals surface area contributed by atoms with Gasteiger partial charge in [0.2, 0.25) is 5.78 Å². The van der Waals surface area contributed by atoms with E-state index < -0.39 is 11.7 Å². The van der Waals surface area contributed by atoms with Crippen molar-refractivity contribution in [2.75, 3.05) is 0 Å². The van der Waals surface area contributed by atoms with Crippen molar-refractivity contribution in [2.45, 2.75) is 78.4 Å².